The van der Waals surface area contributed by atoms with Crippen molar-refractivity contribution < 1.29 is 5.11 Å². The highest BCUT2D eigenvalue weighted by atomic mass is 16.2. The standard InChI is InChI=1S/C15H20O/c16-12-11-15(13-7-3-1-4-8-13)14-9-5-2-6-10-14/h1,3-4,7-8,11,14,16H,2,5-6,9-10,12H2/b15-11+. The minimum Gasteiger partial charge on any atom is -0.392 e. The van der Waals surface area contributed by atoms with E-state index in [0.717, 1.165) is 0 Å². The van der Waals surface area contributed by atoms with Gasteiger partial charge < -0.3 is 5.11 Å². The molecule has 1 nitrogen and oxygen atoms in total. The van der Waals surface area contributed by atoms with Crippen molar-refractivity contribution in [1.29, 1.82) is 0 Å². The number of benzene rings is 1. The first kappa shape index (κ1) is 11.4. The minimum absolute atomic E-state index is 0.153. The van der Waals surface area contributed by atoms with Crippen LogP contribution in [-0.4, -0.2) is 11.7 Å². The topological polar surface area (TPSA) is 20.2 Å². The van der Waals surface area contributed by atoms with E-state index in [2.05, 4.69) is 24.3 Å². The van der Waals surface area contributed by atoms with Gasteiger partial charge in [-0.1, -0.05) is 55.7 Å². The Balaban J connectivity index is 2.20. The van der Waals surface area contributed by atoms with E-state index in [1.54, 1.807) is 0 Å². The predicted octanol–water partition coefficient (Wildman–Crippen LogP) is 3.64. The highest BCUT2D eigenvalue weighted by molar-refractivity contribution is 5.67. The second kappa shape index (κ2) is 5.86. The predicted molar refractivity (Wildman–Crippen MR) is 68.1 cm³/mol. The van der Waals surface area contributed by atoms with Gasteiger partial charge in [-0.25, -0.2) is 0 Å². The molecule has 0 radical (unpaired) electrons. The van der Waals surface area contributed by atoms with Crippen LogP contribution in [0.1, 0.15) is 37.7 Å². The first-order chi connectivity index (χ1) is 7.92. The van der Waals surface area contributed by atoms with Crippen LogP contribution >= 0.6 is 0 Å². The molecule has 1 heteroatoms. The summed E-state index contributed by atoms with van der Waals surface area (Å²) < 4.78 is 0. The van der Waals surface area contributed by atoms with Gasteiger partial charge in [0, 0.05) is 0 Å². The van der Waals surface area contributed by atoms with E-state index in [1.165, 1.54) is 43.2 Å². The molecule has 1 aliphatic carbocycles. The summed E-state index contributed by atoms with van der Waals surface area (Å²) in [5, 5.41) is 9.15. The highest BCUT2D eigenvalue weighted by Crippen LogP contribution is 2.34. The average Bonchev–Trinajstić information content (AvgIpc) is 2.38. The summed E-state index contributed by atoms with van der Waals surface area (Å²) in [5.41, 5.74) is 2.63. The van der Waals surface area contributed by atoms with E-state index >= 15 is 0 Å². The zero-order valence-electron chi connectivity index (χ0n) is 9.73. The molecule has 1 N–H and O–H groups in total. The third-order valence-electron chi connectivity index (χ3n) is 3.46. The van der Waals surface area contributed by atoms with Crippen LogP contribution in [0.15, 0.2) is 36.4 Å². The van der Waals surface area contributed by atoms with E-state index in [1.807, 2.05) is 12.1 Å². The fraction of sp³-hybridized carbons (Fsp3) is 0.467. The van der Waals surface area contributed by atoms with Gasteiger partial charge in [-0.2, -0.15) is 0 Å². The Morgan fingerprint density at radius 2 is 1.81 bits per heavy atom. The zero-order valence-corrected chi connectivity index (χ0v) is 9.73. The molecule has 16 heavy (non-hydrogen) atoms. The van der Waals surface area contributed by atoms with Gasteiger partial charge in [-0.05, 0) is 29.9 Å². The molecule has 86 valence electrons. The molecular weight excluding hydrogens is 196 g/mol. The molecule has 0 spiro atoms. The third kappa shape index (κ3) is 2.73. The monoisotopic (exact) mass is 216 g/mol. The molecule has 2 rings (SSSR count). The molecule has 0 bridgehead atoms. The van der Waals surface area contributed by atoms with Crippen molar-refractivity contribution in [2.45, 2.75) is 32.1 Å². The molecular formula is C15H20O. The quantitative estimate of drug-likeness (QED) is 0.817. The van der Waals surface area contributed by atoms with Crippen molar-refractivity contribution in [1.82, 2.24) is 0 Å². The Labute approximate surface area is 97.8 Å². The van der Waals surface area contributed by atoms with E-state index in [0.29, 0.717) is 5.92 Å². The number of rotatable bonds is 3. The van der Waals surface area contributed by atoms with Crippen LogP contribution in [0.3, 0.4) is 0 Å². The van der Waals surface area contributed by atoms with Gasteiger partial charge in [0.25, 0.3) is 0 Å². The second-order valence-corrected chi connectivity index (χ2v) is 4.54. The molecule has 1 fully saturated rings. The van der Waals surface area contributed by atoms with E-state index < -0.39 is 0 Å². The van der Waals surface area contributed by atoms with Crippen molar-refractivity contribution in [2.24, 2.45) is 5.92 Å². The van der Waals surface area contributed by atoms with Crippen LogP contribution < -0.4 is 0 Å². The summed E-state index contributed by atoms with van der Waals surface area (Å²) in [7, 11) is 0. The molecule has 0 atom stereocenters. The Kier molecular flexibility index (Phi) is 4.17. The van der Waals surface area contributed by atoms with Crippen LogP contribution in [0, 0.1) is 5.92 Å². The fourth-order valence-corrected chi connectivity index (χ4v) is 2.66. The van der Waals surface area contributed by atoms with Crippen LogP contribution in [0.2, 0.25) is 0 Å². The largest absolute Gasteiger partial charge is 0.392 e. The first-order valence-corrected chi connectivity index (χ1v) is 6.28. The Bertz CT molecular complexity index is 334. The summed E-state index contributed by atoms with van der Waals surface area (Å²) in [6, 6.07) is 10.5. The Hall–Kier alpha value is -1.08. The van der Waals surface area contributed by atoms with Crippen molar-refractivity contribution in [2.75, 3.05) is 6.61 Å². The molecule has 0 amide bonds. The van der Waals surface area contributed by atoms with Gasteiger partial charge in [0.1, 0.15) is 0 Å². The van der Waals surface area contributed by atoms with Crippen LogP contribution in [0.5, 0.6) is 0 Å². The summed E-state index contributed by atoms with van der Waals surface area (Å²) in [4.78, 5) is 0. The lowest BCUT2D eigenvalue weighted by molar-refractivity contribution is 0.341. The summed E-state index contributed by atoms with van der Waals surface area (Å²) in [6.45, 7) is 0.153. The van der Waals surface area contributed by atoms with Crippen molar-refractivity contribution >= 4 is 5.57 Å². The minimum atomic E-state index is 0.153. The lowest BCUT2D eigenvalue weighted by atomic mass is 9.81. The normalized spacial score (nSPS) is 18.7. The number of aliphatic hydroxyl groups is 1. The molecule has 0 unspecified atom stereocenters. The molecule has 0 aliphatic heterocycles. The smallest absolute Gasteiger partial charge is 0.0618 e. The van der Waals surface area contributed by atoms with Crippen molar-refractivity contribution in [3.63, 3.8) is 0 Å². The third-order valence-corrected chi connectivity index (χ3v) is 3.46. The summed E-state index contributed by atoms with van der Waals surface area (Å²) in [5.74, 6) is 0.656. The Morgan fingerprint density at radius 1 is 1.12 bits per heavy atom. The maximum Gasteiger partial charge on any atom is 0.0618 e. The highest BCUT2D eigenvalue weighted by Gasteiger charge is 2.18. The van der Waals surface area contributed by atoms with Gasteiger partial charge in [0.05, 0.1) is 6.61 Å². The zero-order chi connectivity index (χ0) is 11.2. The number of hydrogen-bond acceptors (Lipinski definition) is 1. The number of aliphatic hydroxyl groups excluding tert-OH is 1. The van der Waals surface area contributed by atoms with E-state index in [4.69, 9.17) is 5.11 Å². The summed E-state index contributed by atoms with van der Waals surface area (Å²) >= 11 is 0. The molecule has 1 aromatic carbocycles. The Morgan fingerprint density at radius 3 is 2.44 bits per heavy atom. The molecule has 1 aromatic rings. The lowest BCUT2D eigenvalue weighted by Crippen LogP contribution is -2.09. The van der Waals surface area contributed by atoms with Crippen LogP contribution in [0.4, 0.5) is 0 Å². The van der Waals surface area contributed by atoms with E-state index in [-0.39, 0.29) is 6.61 Å². The van der Waals surface area contributed by atoms with Gasteiger partial charge in [0.2, 0.25) is 0 Å². The first-order valence-electron chi connectivity index (χ1n) is 6.28. The number of hydrogen-bond donors (Lipinski definition) is 1. The molecule has 0 heterocycles. The molecule has 1 saturated carbocycles. The van der Waals surface area contributed by atoms with Crippen LogP contribution in [-0.2, 0) is 0 Å². The molecule has 0 saturated heterocycles. The van der Waals surface area contributed by atoms with Gasteiger partial charge in [0.15, 0.2) is 0 Å². The molecule has 1 aliphatic rings. The van der Waals surface area contributed by atoms with E-state index in [9.17, 15) is 0 Å². The number of allylic oxidation sites excluding steroid dienone is 1. The average molecular weight is 216 g/mol. The van der Waals surface area contributed by atoms with Crippen molar-refractivity contribution in [3.05, 3.63) is 42.0 Å². The fourth-order valence-electron chi connectivity index (χ4n) is 2.66. The second-order valence-electron chi connectivity index (χ2n) is 4.54. The SMILES string of the molecule is OC/C=C(\c1ccccc1)C1CCCCC1. The van der Waals surface area contributed by atoms with Crippen LogP contribution in [0.25, 0.3) is 5.57 Å². The van der Waals surface area contributed by atoms with Gasteiger partial charge in [-0.3, -0.25) is 0 Å². The van der Waals surface area contributed by atoms with Gasteiger partial charge in [-0.15, -0.1) is 0 Å². The molecule has 0 aromatic heterocycles. The lowest BCUT2D eigenvalue weighted by Gasteiger charge is -2.24. The summed E-state index contributed by atoms with van der Waals surface area (Å²) in [6.07, 6.45) is 8.59. The maximum absolute atomic E-state index is 9.15. The van der Waals surface area contributed by atoms with Crippen molar-refractivity contribution in [3.8, 4) is 0 Å². The van der Waals surface area contributed by atoms with Gasteiger partial charge >= 0.3 is 0 Å². The maximum atomic E-state index is 9.15.